The second-order valence-electron chi connectivity index (χ2n) is 5.91. The van der Waals surface area contributed by atoms with Gasteiger partial charge < -0.3 is 14.9 Å². The van der Waals surface area contributed by atoms with E-state index >= 15 is 0 Å². The van der Waals surface area contributed by atoms with Crippen molar-refractivity contribution in [2.45, 2.75) is 27.2 Å². The van der Waals surface area contributed by atoms with Gasteiger partial charge in [0.25, 0.3) is 0 Å². The minimum absolute atomic E-state index is 0.0114. The number of hydrogen-bond acceptors (Lipinski definition) is 2. The van der Waals surface area contributed by atoms with Crippen molar-refractivity contribution in [2.75, 3.05) is 26.2 Å². The van der Waals surface area contributed by atoms with Crippen molar-refractivity contribution in [3.63, 3.8) is 0 Å². The van der Waals surface area contributed by atoms with Crippen LogP contribution in [0.25, 0.3) is 0 Å². The van der Waals surface area contributed by atoms with E-state index in [1.54, 1.807) is 4.90 Å². The fraction of sp³-hybridized carbons (Fsp3) is 0.600. The zero-order chi connectivity index (χ0) is 15.3. The Hall–Kier alpha value is -1.96. The number of rotatable bonds is 3. The van der Waals surface area contributed by atoms with Gasteiger partial charge in [-0.3, -0.25) is 4.79 Å². The van der Waals surface area contributed by atoms with Gasteiger partial charge in [-0.25, -0.2) is 4.79 Å². The van der Waals surface area contributed by atoms with Gasteiger partial charge in [-0.15, -0.1) is 6.42 Å². The fourth-order valence-electron chi connectivity index (χ4n) is 2.19. The molecule has 5 heteroatoms. The minimum atomic E-state index is -1.06. The van der Waals surface area contributed by atoms with Crippen LogP contribution < -0.4 is 0 Å². The van der Waals surface area contributed by atoms with Crippen LogP contribution in [0.2, 0.25) is 0 Å². The van der Waals surface area contributed by atoms with Crippen molar-refractivity contribution in [3.05, 3.63) is 11.6 Å². The summed E-state index contributed by atoms with van der Waals surface area (Å²) in [5, 5.41) is 8.81. The molecule has 1 rings (SSSR count). The van der Waals surface area contributed by atoms with Crippen molar-refractivity contribution in [1.29, 1.82) is 0 Å². The molecule has 0 saturated carbocycles. The minimum Gasteiger partial charge on any atom is -0.480 e. The van der Waals surface area contributed by atoms with E-state index in [4.69, 9.17) is 11.5 Å². The molecule has 20 heavy (non-hydrogen) atoms. The first-order chi connectivity index (χ1) is 9.25. The van der Waals surface area contributed by atoms with Crippen molar-refractivity contribution in [2.24, 2.45) is 5.41 Å². The van der Waals surface area contributed by atoms with Crippen LogP contribution >= 0.6 is 0 Å². The predicted molar refractivity (Wildman–Crippen MR) is 77.2 cm³/mol. The monoisotopic (exact) mass is 278 g/mol. The number of hydrogen-bond donors (Lipinski definition) is 1. The molecule has 0 saturated heterocycles. The molecule has 1 aliphatic heterocycles. The number of carbonyl (C=O) groups is 2. The average molecular weight is 278 g/mol. The van der Waals surface area contributed by atoms with Gasteiger partial charge in [0.2, 0.25) is 0 Å². The molecule has 110 valence electrons. The van der Waals surface area contributed by atoms with Crippen molar-refractivity contribution in [3.8, 4) is 12.3 Å². The number of aliphatic carboxylic acids is 1. The summed E-state index contributed by atoms with van der Waals surface area (Å²) in [6, 6.07) is -0.311. The van der Waals surface area contributed by atoms with Gasteiger partial charge in [-0.1, -0.05) is 38.3 Å². The fourth-order valence-corrected chi connectivity index (χ4v) is 2.19. The van der Waals surface area contributed by atoms with Crippen LogP contribution in [0, 0.1) is 17.8 Å². The molecule has 1 heterocycles. The first-order valence-corrected chi connectivity index (χ1v) is 6.64. The highest BCUT2D eigenvalue weighted by Crippen LogP contribution is 2.30. The maximum absolute atomic E-state index is 12.2. The van der Waals surface area contributed by atoms with Gasteiger partial charge in [0.1, 0.15) is 6.54 Å². The van der Waals surface area contributed by atoms with E-state index in [2.05, 4.69) is 32.8 Å². The summed E-state index contributed by atoms with van der Waals surface area (Å²) in [4.78, 5) is 25.8. The molecule has 1 aliphatic rings. The van der Waals surface area contributed by atoms with Gasteiger partial charge in [0.15, 0.2) is 0 Å². The van der Waals surface area contributed by atoms with Crippen LogP contribution in [0.15, 0.2) is 11.6 Å². The lowest BCUT2D eigenvalue weighted by atomic mass is 9.83. The molecule has 0 aromatic rings. The van der Waals surface area contributed by atoms with E-state index in [0.717, 1.165) is 6.42 Å². The van der Waals surface area contributed by atoms with Crippen molar-refractivity contribution >= 4 is 12.0 Å². The topological polar surface area (TPSA) is 60.9 Å². The normalized spacial score (nSPS) is 15.3. The highest BCUT2D eigenvalue weighted by atomic mass is 16.4. The van der Waals surface area contributed by atoms with Crippen LogP contribution in [0.3, 0.4) is 0 Å². The molecule has 0 bridgehead atoms. The quantitative estimate of drug-likeness (QED) is 0.632. The highest BCUT2D eigenvalue weighted by molar-refractivity contribution is 5.80. The Kier molecular flexibility index (Phi) is 5.20. The SMILES string of the molecule is C#CCN(CC(=O)O)C(=O)N1CC=C(C(C)(C)C)CC1. The molecular weight excluding hydrogens is 256 g/mol. The smallest absolute Gasteiger partial charge is 0.323 e. The lowest BCUT2D eigenvalue weighted by Crippen LogP contribution is -2.47. The van der Waals surface area contributed by atoms with E-state index in [0.29, 0.717) is 13.1 Å². The first kappa shape index (κ1) is 16.1. The predicted octanol–water partition coefficient (Wildman–Crippen LogP) is 1.80. The Bertz CT molecular complexity index is 455. The Morgan fingerprint density at radius 1 is 1.50 bits per heavy atom. The lowest BCUT2D eigenvalue weighted by Gasteiger charge is -2.34. The maximum atomic E-state index is 12.2. The van der Waals surface area contributed by atoms with Gasteiger partial charge in [0.05, 0.1) is 6.54 Å². The Labute approximate surface area is 120 Å². The second-order valence-corrected chi connectivity index (χ2v) is 5.91. The average Bonchev–Trinajstić information content (AvgIpc) is 2.36. The first-order valence-electron chi connectivity index (χ1n) is 6.64. The summed E-state index contributed by atoms with van der Waals surface area (Å²) in [5.41, 5.74) is 1.43. The number of carbonyl (C=O) groups excluding carboxylic acids is 1. The van der Waals surface area contributed by atoms with Crippen molar-refractivity contribution in [1.82, 2.24) is 9.80 Å². The number of carboxylic acids is 1. The summed E-state index contributed by atoms with van der Waals surface area (Å²) in [5.74, 6) is 1.27. The Morgan fingerprint density at radius 2 is 2.15 bits per heavy atom. The summed E-state index contributed by atoms with van der Waals surface area (Å²) >= 11 is 0. The number of carboxylic acid groups (broad SMARTS) is 1. The third-order valence-corrected chi connectivity index (χ3v) is 3.32. The van der Waals surface area contributed by atoms with Crippen LogP contribution in [0.5, 0.6) is 0 Å². The standard InChI is InChI=1S/C15H22N2O3/c1-5-8-17(11-13(18)19)14(20)16-9-6-12(7-10-16)15(2,3)4/h1,6H,7-11H2,2-4H3,(H,18,19). The number of nitrogens with zero attached hydrogens (tertiary/aromatic N) is 2. The number of amides is 2. The molecule has 0 radical (unpaired) electrons. The van der Waals surface area contributed by atoms with Gasteiger partial charge in [-0.05, 0) is 11.8 Å². The molecule has 0 atom stereocenters. The van der Waals surface area contributed by atoms with Crippen LogP contribution in [-0.4, -0.2) is 53.1 Å². The summed E-state index contributed by atoms with van der Waals surface area (Å²) < 4.78 is 0. The third-order valence-electron chi connectivity index (χ3n) is 3.32. The van der Waals surface area contributed by atoms with E-state index in [1.807, 2.05) is 0 Å². The Morgan fingerprint density at radius 3 is 2.55 bits per heavy atom. The van der Waals surface area contributed by atoms with Crippen LogP contribution in [0.1, 0.15) is 27.2 Å². The molecule has 2 amide bonds. The van der Waals surface area contributed by atoms with E-state index in [-0.39, 0.29) is 24.5 Å². The zero-order valence-corrected chi connectivity index (χ0v) is 12.3. The lowest BCUT2D eigenvalue weighted by molar-refractivity contribution is -0.137. The van der Waals surface area contributed by atoms with E-state index in [1.165, 1.54) is 10.5 Å². The molecule has 0 fully saturated rings. The van der Waals surface area contributed by atoms with Crippen molar-refractivity contribution < 1.29 is 14.7 Å². The van der Waals surface area contributed by atoms with Gasteiger partial charge in [-0.2, -0.15) is 0 Å². The highest BCUT2D eigenvalue weighted by Gasteiger charge is 2.26. The summed E-state index contributed by atoms with van der Waals surface area (Å²) in [7, 11) is 0. The largest absolute Gasteiger partial charge is 0.480 e. The van der Waals surface area contributed by atoms with E-state index < -0.39 is 5.97 Å². The molecule has 5 nitrogen and oxygen atoms in total. The molecule has 0 aliphatic carbocycles. The molecular formula is C15H22N2O3. The summed E-state index contributed by atoms with van der Waals surface area (Å²) in [6.45, 7) is 7.18. The molecule has 0 aromatic carbocycles. The van der Waals surface area contributed by atoms with Crippen LogP contribution in [0.4, 0.5) is 4.79 Å². The second kappa shape index (κ2) is 6.47. The van der Waals surface area contributed by atoms with Crippen LogP contribution in [-0.2, 0) is 4.79 Å². The maximum Gasteiger partial charge on any atom is 0.323 e. The molecule has 0 aromatic heterocycles. The molecule has 0 unspecified atom stereocenters. The van der Waals surface area contributed by atoms with Gasteiger partial charge >= 0.3 is 12.0 Å². The number of urea groups is 1. The summed E-state index contributed by atoms with van der Waals surface area (Å²) in [6.07, 6.45) is 8.05. The van der Waals surface area contributed by atoms with Gasteiger partial charge in [0, 0.05) is 13.1 Å². The molecule has 0 spiro atoms. The Balaban J connectivity index is 2.72. The molecule has 1 N–H and O–H groups in total. The van der Waals surface area contributed by atoms with E-state index in [9.17, 15) is 9.59 Å². The number of terminal acetylenes is 1. The third kappa shape index (κ3) is 4.30. The zero-order valence-electron chi connectivity index (χ0n) is 12.3.